The Hall–Kier alpha value is -0.810. The molecular weight excluding hydrogens is 309 g/mol. The van der Waals surface area contributed by atoms with Crippen LogP contribution >= 0.6 is 24.8 Å². The Kier molecular flexibility index (Phi) is 9.62. The van der Waals surface area contributed by atoms with Gasteiger partial charge in [0.05, 0.1) is 0 Å². The Bertz CT molecular complexity index is 425. The molecular formula is C15H25Cl2N3O. The van der Waals surface area contributed by atoms with E-state index in [1.807, 2.05) is 7.05 Å². The predicted octanol–water partition coefficient (Wildman–Crippen LogP) is 1.96. The third-order valence-electron chi connectivity index (χ3n) is 3.49. The van der Waals surface area contributed by atoms with E-state index >= 15 is 0 Å². The van der Waals surface area contributed by atoms with Gasteiger partial charge in [0.25, 0.3) is 0 Å². The maximum absolute atomic E-state index is 11.0. The fraction of sp³-hybridized carbons (Fsp3) is 0.533. The van der Waals surface area contributed by atoms with Gasteiger partial charge < -0.3 is 10.6 Å². The minimum atomic E-state index is 0. The van der Waals surface area contributed by atoms with Gasteiger partial charge in [0.2, 0.25) is 5.91 Å². The maximum atomic E-state index is 11.0. The van der Waals surface area contributed by atoms with E-state index in [1.165, 1.54) is 11.1 Å². The lowest BCUT2D eigenvalue weighted by Gasteiger charge is -2.16. The number of nitrogens with zero attached hydrogens (tertiary/aromatic N) is 1. The average Bonchev–Trinajstić information content (AvgIpc) is 2.78. The number of amides is 1. The van der Waals surface area contributed by atoms with Crippen molar-refractivity contribution in [2.45, 2.75) is 32.5 Å². The highest BCUT2D eigenvalue weighted by molar-refractivity contribution is 5.85. The molecule has 1 aliphatic heterocycles. The number of likely N-dealkylation sites (tertiary alicyclic amines) is 1. The van der Waals surface area contributed by atoms with Crippen LogP contribution in [-0.2, 0) is 17.9 Å². The van der Waals surface area contributed by atoms with Crippen molar-refractivity contribution in [2.75, 3.05) is 20.1 Å². The molecule has 0 bridgehead atoms. The smallest absolute Gasteiger partial charge is 0.217 e. The largest absolute Gasteiger partial charge is 0.352 e. The quantitative estimate of drug-likeness (QED) is 0.865. The fourth-order valence-electron chi connectivity index (χ4n) is 2.61. The molecule has 1 atom stereocenters. The Morgan fingerprint density at radius 2 is 1.86 bits per heavy atom. The van der Waals surface area contributed by atoms with Gasteiger partial charge in [-0.05, 0) is 24.6 Å². The van der Waals surface area contributed by atoms with E-state index in [0.29, 0.717) is 6.04 Å². The van der Waals surface area contributed by atoms with E-state index < -0.39 is 0 Å². The minimum Gasteiger partial charge on any atom is -0.352 e. The van der Waals surface area contributed by atoms with Gasteiger partial charge in [-0.25, -0.2) is 0 Å². The molecule has 1 amide bonds. The summed E-state index contributed by atoms with van der Waals surface area (Å²) in [7, 11) is 1.96. The molecule has 120 valence electrons. The molecule has 4 nitrogen and oxygen atoms in total. The molecule has 21 heavy (non-hydrogen) atoms. The van der Waals surface area contributed by atoms with E-state index in [0.717, 1.165) is 32.6 Å². The predicted molar refractivity (Wildman–Crippen MR) is 91.2 cm³/mol. The monoisotopic (exact) mass is 333 g/mol. The zero-order valence-electron chi connectivity index (χ0n) is 12.6. The molecule has 1 heterocycles. The molecule has 0 aromatic heterocycles. The van der Waals surface area contributed by atoms with Crippen molar-refractivity contribution in [3.05, 3.63) is 35.4 Å². The van der Waals surface area contributed by atoms with Crippen molar-refractivity contribution >= 4 is 30.7 Å². The summed E-state index contributed by atoms with van der Waals surface area (Å²) in [6.45, 7) is 5.48. The van der Waals surface area contributed by atoms with Crippen LogP contribution in [0.4, 0.5) is 0 Å². The van der Waals surface area contributed by atoms with Gasteiger partial charge >= 0.3 is 0 Å². The van der Waals surface area contributed by atoms with Crippen molar-refractivity contribution in [2.24, 2.45) is 0 Å². The first-order valence-corrected chi connectivity index (χ1v) is 6.89. The molecule has 0 spiro atoms. The van der Waals surface area contributed by atoms with E-state index in [2.05, 4.69) is 39.8 Å². The molecule has 1 aromatic rings. The molecule has 1 aliphatic rings. The van der Waals surface area contributed by atoms with Crippen molar-refractivity contribution in [3.63, 3.8) is 0 Å². The summed E-state index contributed by atoms with van der Waals surface area (Å²) >= 11 is 0. The summed E-state index contributed by atoms with van der Waals surface area (Å²) in [5.41, 5.74) is 2.65. The normalized spacial score (nSPS) is 17.7. The lowest BCUT2D eigenvalue weighted by Crippen LogP contribution is -2.35. The molecule has 6 heteroatoms. The summed E-state index contributed by atoms with van der Waals surface area (Å²) in [6.07, 6.45) is 1.05. The Balaban J connectivity index is 0.00000200. The van der Waals surface area contributed by atoms with E-state index in [4.69, 9.17) is 0 Å². The Morgan fingerprint density at radius 1 is 1.24 bits per heavy atom. The molecule has 2 rings (SSSR count). The highest BCUT2D eigenvalue weighted by atomic mass is 35.5. The third-order valence-corrected chi connectivity index (χ3v) is 3.49. The number of carbonyl (C=O) groups excluding carboxylic acids is 1. The number of hydrogen-bond donors (Lipinski definition) is 2. The number of halogens is 2. The zero-order valence-corrected chi connectivity index (χ0v) is 14.2. The van der Waals surface area contributed by atoms with Crippen molar-refractivity contribution in [3.8, 4) is 0 Å². The Morgan fingerprint density at radius 3 is 2.43 bits per heavy atom. The Labute approximate surface area is 139 Å². The molecule has 1 fully saturated rings. The molecule has 1 unspecified atom stereocenters. The van der Waals surface area contributed by atoms with E-state index in [-0.39, 0.29) is 30.7 Å². The summed E-state index contributed by atoms with van der Waals surface area (Å²) in [6, 6.07) is 9.05. The van der Waals surface area contributed by atoms with Gasteiger partial charge in [-0.2, -0.15) is 0 Å². The summed E-state index contributed by atoms with van der Waals surface area (Å²) in [5, 5.41) is 6.14. The zero-order chi connectivity index (χ0) is 13.7. The van der Waals surface area contributed by atoms with Crippen LogP contribution in [0.5, 0.6) is 0 Å². The van der Waals surface area contributed by atoms with Crippen molar-refractivity contribution < 1.29 is 4.79 Å². The molecule has 1 saturated heterocycles. The molecule has 2 N–H and O–H groups in total. The average molecular weight is 334 g/mol. The van der Waals surface area contributed by atoms with Gasteiger partial charge in [0.1, 0.15) is 0 Å². The molecule has 1 aromatic carbocycles. The van der Waals surface area contributed by atoms with Gasteiger partial charge in [-0.3, -0.25) is 9.69 Å². The molecule has 0 saturated carbocycles. The second-order valence-electron chi connectivity index (χ2n) is 5.27. The van der Waals surface area contributed by atoms with Crippen molar-refractivity contribution in [1.29, 1.82) is 0 Å². The lowest BCUT2D eigenvalue weighted by molar-refractivity contribution is -0.119. The molecule has 0 radical (unpaired) electrons. The fourth-order valence-corrected chi connectivity index (χ4v) is 2.61. The highest BCUT2D eigenvalue weighted by Crippen LogP contribution is 2.14. The second-order valence-corrected chi connectivity index (χ2v) is 5.27. The van der Waals surface area contributed by atoms with Crippen LogP contribution < -0.4 is 10.6 Å². The van der Waals surface area contributed by atoms with E-state index in [9.17, 15) is 4.79 Å². The first-order chi connectivity index (χ1) is 9.17. The van der Waals surface area contributed by atoms with E-state index in [1.54, 1.807) is 6.92 Å². The number of carbonyl (C=O) groups is 1. The van der Waals surface area contributed by atoms with Gasteiger partial charge in [0.15, 0.2) is 0 Å². The topological polar surface area (TPSA) is 44.4 Å². The number of rotatable bonds is 5. The van der Waals surface area contributed by atoms with Gasteiger partial charge in [-0.1, -0.05) is 24.3 Å². The summed E-state index contributed by atoms with van der Waals surface area (Å²) in [4.78, 5) is 13.4. The van der Waals surface area contributed by atoms with Crippen LogP contribution in [0.15, 0.2) is 24.3 Å². The van der Waals surface area contributed by atoms with Gasteiger partial charge in [0, 0.05) is 39.1 Å². The van der Waals surface area contributed by atoms with Crippen LogP contribution in [0.2, 0.25) is 0 Å². The van der Waals surface area contributed by atoms with Crippen LogP contribution in [0, 0.1) is 0 Å². The van der Waals surface area contributed by atoms with Crippen LogP contribution in [0.1, 0.15) is 24.5 Å². The first-order valence-electron chi connectivity index (χ1n) is 6.89. The van der Waals surface area contributed by atoms with Crippen LogP contribution in [0.25, 0.3) is 0 Å². The minimum absolute atomic E-state index is 0. The SMILES string of the molecule is CNCc1ccc(CN2CCC(NC(C)=O)C2)cc1.Cl.Cl. The lowest BCUT2D eigenvalue weighted by atomic mass is 10.1. The third kappa shape index (κ3) is 6.66. The summed E-state index contributed by atoms with van der Waals surface area (Å²) in [5.74, 6) is 0.0725. The number of hydrogen-bond acceptors (Lipinski definition) is 3. The highest BCUT2D eigenvalue weighted by Gasteiger charge is 2.22. The standard InChI is InChI=1S/C15H23N3O.2ClH/c1-12(19)17-15-7-8-18(11-15)10-14-5-3-13(4-6-14)9-16-2;;/h3-6,15-16H,7-11H2,1-2H3,(H,17,19);2*1H. The molecule has 0 aliphatic carbocycles. The van der Waals surface area contributed by atoms with Crippen LogP contribution in [-0.4, -0.2) is 37.0 Å². The first kappa shape index (κ1) is 20.2. The van der Waals surface area contributed by atoms with Crippen LogP contribution in [0.3, 0.4) is 0 Å². The number of benzene rings is 1. The van der Waals surface area contributed by atoms with Crippen molar-refractivity contribution in [1.82, 2.24) is 15.5 Å². The summed E-state index contributed by atoms with van der Waals surface area (Å²) < 4.78 is 0. The number of nitrogens with one attached hydrogen (secondary N) is 2. The second kappa shape index (κ2) is 10.0. The van der Waals surface area contributed by atoms with Gasteiger partial charge in [-0.15, -0.1) is 24.8 Å². The maximum Gasteiger partial charge on any atom is 0.217 e.